The molecule has 3 heteroatoms. The number of rotatable bonds is 3. The van der Waals surface area contributed by atoms with E-state index in [2.05, 4.69) is 19.2 Å². The van der Waals surface area contributed by atoms with Crippen molar-refractivity contribution < 1.29 is 9.47 Å². The lowest BCUT2D eigenvalue weighted by molar-refractivity contribution is -0.00408. The molecule has 3 nitrogen and oxygen atoms in total. The summed E-state index contributed by atoms with van der Waals surface area (Å²) in [4.78, 5) is 0. The van der Waals surface area contributed by atoms with Crippen LogP contribution in [0, 0.1) is 0 Å². The maximum Gasteiger partial charge on any atom is 0.0932 e. The Morgan fingerprint density at radius 1 is 1.54 bits per heavy atom. The lowest BCUT2D eigenvalue weighted by Crippen LogP contribution is -2.41. The molecule has 1 aliphatic heterocycles. The van der Waals surface area contributed by atoms with Crippen LogP contribution in [-0.4, -0.2) is 38.0 Å². The zero-order valence-corrected chi connectivity index (χ0v) is 8.93. The van der Waals surface area contributed by atoms with E-state index in [1.54, 1.807) is 0 Å². The van der Waals surface area contributed by atoms with E-state index < -0.39 is 0 Å². The molecule has 0 saturated carbocycles. The van der Waals surface area contributed by atoms with Gasteiger partial charge in [0.05, 0.1) is 12.7 Å². The molecule has 0 radical (unpaired) electrons. The van der Waals surface area contributed by atoms with Gasteiger partial charge in [-0.1, -0.05) is 0 Å². The molecule has 1 aliphatic rings. The summed E-state index contributed by atoms with van der Waals surface area (Å²) in [7, 11) is 0. The lowest BCUT2D eigenvalue weighted by Gasteiger charge is -2.23. The van der Waals surface area contributed by atoms with Crippen LogP contribution in [0.2, 0.25) is 0 Å². The summed E-state index contributed by atoms with van der Waals surface area (Å²) in [5, 5.41) is 3.47. The standard InChI is InChI=1S/C10H21NO2/c1-4-12-8-9-7-11-10(2,3)5-6-13-9/h9,11H,4-8H2,1-3H3. The van der Waals surface area contributed by atoms with Crippen molar-refractivity contribution in [3.8, 4) is 0 Å². The van der Waals surface area contributed by atoms with Crippen molar-refractivity contribution in [2.75, 3.05) is 26.4 Å². The van der Waals surface area contributed by atoms with Crippen LogP contribution < -0.4 is 5.32 Å². The van der Waals surface area contributed by atoms with Gasteiger partial charge in [-0.25, -0.2) is 0 Å². The number of hydrogen-bond donors (Lipinski definition) is 1. The second-order valence-corrected chi connectivity index (χ2v) is 4.17. The van der Waals surface area contributed by atoms with E-state index in [0.29, 0.717) is 6.61 Å². The molecule has 1 fully saturated rings. The van der Waals surface area contributed by atoms with E-state index in [4.69, 9.17) is 9.47 Å². The van der Waals surface area contributed by atoms with Crippen LogP contribution >= 0.6 is 0 Å². The van der Waals surface area contributed by atoms with Crippen molar-refractivity contribution >= 4 is 0 Å². The van der Waals surface area contributed by atoms with Crippen molar-refractivity contribution in [1.82, 2.24) is 5.32 Å². The fourth-order valence-electron chi connectivity index (χ4n) is 1.37. The number of hydrogen-bond acceptors (Lipinski definition) is 3. The highest BCUT2D eigenvalue weighted by molar-refractivity contribution is 4.81. The first-order valence-electron chi connectivity index (χ1n) is 5.08. The van der Waals surface area contributed by atoms with Gasteiger partial charge in [0, 0.05) is 25.3 Å². The van der Waals surface area contributed by atoms with Crippen LogP contribution in [0.3, 0.4) is 0 Å². The summed E-state index contributed by atoms with van der Waals surface area (Å²) in [6, 6.07) is 0. The van der Waals surface area contributed by atoms with Gasteiger partial charge < -0.3 is 14.8 Å². The van der Waals surface area contributed by atoms with Crippen LogP contribution in [0.15, 0.2) is 0 Å². The Bertz CT molecular complexity index is 148. The first kappa shape index (κ1) is 11.0. The van der Waals surface area contributed by atoms with Crippen LogP contribution in [0.4, 0.5) is 0 Å². The van der Waals surface area contributed by atoms with E-state index in [9.17, 15) is 0 Å². The minimum absolute atomic E-state index is 0.209. The number of nitrogens with one attached hydrogen (secondary N) is 1. The second-order valence-electron chi connectivity index (χ2n) is 4.17. The van der Waals surface area contributed by atoms with Crippen molar-refractivity contribution in [3.05, 3.63) is 0 Å². The monoisotopic (exact) mass is 187 g/mol. The predicted molar refractivity (Wildman–Crippen MR) is 52.9 cm³/mol. The topological polar surface area (TPSA) is 30.5 Å². The highest BCUT2D eigenvalue weighted by Gasteiger charge is 2.23. The Kier molecular flexibility index (Phi) is 4.16. The molecule has 13 heavy (non-hydrogen) atoms. The molecule has 0 amide bonds. The molecule has 0 aromatic carbocycles. The minimum atomic E-state index is 0.209. The van der Waals surface area contributed by atoms with Gasteiger partial charge in [-0.2, -0.15) is 0 Å². The fraction of sp³-hybridized carbons (Fsp3) is 1.00. The Balaban J connectivity index is 2.28. The first-order chi connectivity index (χ1) is 6.14. The molecule has 1 heterocycles. The highest BCUT2D eigenvalue weighted by Crippen LogP contribution is 2.13. The summed E-state index contributed by atoms with van der Waals surface area (Å²) >= 11 is 0. The molecular formula is C10H21NO2. The average Bonchev–Trinajstić information content (AvgIpc) is 2.23. The zero-order valence-electron chi connectivity index (χ0n) is 8.93. The summed E-state index contributed by atoms with van der Waals surface area (Å²) in [5.41, 5.74) is 0.209. The third-order valence-electron chi connectivity index (χ3n) is 2.40. The van der Waals surface area contributed by atoms with Gasteiger partial charge in [0.2, 0.25) is 0 Å². The highest BCUT2D eigenvalue weighted by atomic mass is 16.5. The van der Waals surface area contributed by atoms with E-state index in [-0.39, 0.29) is 11.6 Å². The molecule has 0 spiro atoms. The van der Waals surface area contributed by atoms with E-state index in [0.717, 1.165) is 26.2 Å². The minimum Gasteiger partial charge on any atom is -0.379 e. The molecule has 0 aliphatic carbocycles. The third kappa shape index (κ3) is 4.07. The Morgan fingerprint density at radius 2 is 2.31 bits per heavy atom. The largest absolute Gasteiger partial charge is 0.379 e. The van der Waals surface area contributed by atoms with Gasteiger partial charge >= 0.3 is 0 Å². The average molecular weight is 187 g/mol. The lowest BCUT2D eigenvalue weighted by atomic mass is 10.0. The van der Waals surface area contributed by atoms with Gasteiger partial charge in [-0.15, -0.1) is 0 Å². The van der Waals surface area contributed by atoms with Gasteiger partial charge in [0.1, 0.15) is 0 Å². The quantitative estimate of drug-likeness (QED) is 0.719. The van der Waals surface area contributed by atoms with Gasteiger partial charge in [-0.05, 0) is 27.2 Å². The third-order valence-corrected chi connectivity index (χ3v) is 2.40. The summed E-state index contributed by atoms with van der Waals surface area (Å²) in [6.45, 7) is 9.63. The van der Waals surface area contributed by atoms with E-state index in [1.807, 2.05) is 6.92 Å². The molecule has 0 aromatic heterocycles. The molecule has 0 bridgehead atoms. The zero-order chi connectivity index (χ0) is 9.73. The van der Waals surface area contributed by atoms with Crippen LogP contribution in [0.25, 0.3) is 0 Å². The van der Waals surface area contributed by atoms with Gasteiger partial charge in [0.25, 0.3) is 0 Å². The smallest absolute Gasteiger partial charge is 0.0932 e. The molecule has 1 saturated heterocycles. The Labute approximate surface area is 80.8 Å². The summed E-state index contributed by atoms with van der Waals surface area (Å²) in [6.07, 6.45) is 1.29. The number of ether oxygens (including phenoxy) is 2. The van der Waals surface area contributed by atoms with Gasteiger partial charge in [-0.3, -0.25) is 0 Å². The maximum atomic E-state index is 5.65. The first-order valence-corrected chi connectivity index (χ1v) is 5.08. The summed E-state index contributed by atoms with van der Waals surface area (Å²) in [5.74, 6) is 0. The maximum absolute atomic E-state index is 5.65. The normalized spacial score (nSPS) is 28.4. The molecule has 0 aromatic rings. The van der Waals surface area contributed by atoms with Crippen molar-refractivity contribution in [1.29, 1.82) is 0 Å². The van der Waals surface area contributed by atoms with Crippen LogP contribution in [0.1, 0.15) is 27.2 Å². The molecule has 1 N–H and O–H groups in total. The van der Waals surface area contributed by atoms with Crippen molar-refractivity contribution in [3.63, 3.8) is 0 Å². The van der Waals surface area contributed by atoms with Crippen LogP contribution in [0.5, 0.6) is 0 Å². The SMILES string of the molecule is CCOCC1CNC(C)(C)CCO1. The molecular weight excluding hydrogens is 166 g/mol. The molecule has 1 atom stereocenters. The Morgan fingerprint density at radius 3 is 3.00 bits per heavy atom. The summed E-state index contributed by atoms with van der Waals surface area (Å²) < 4.78 is 11.0. The van der Waals surface area contributed by atoms with Crippen molar-refractivity contribution in [2.45, 2.75) is 38.8 Å². The van der Waals surface area contributed by atoms with E-state index >= 15 is 0 Å². The van der Waals surface area contributed by atoms with E-state index in [1.165, 1.54) is 0 Å². The fourth-order valence-corrected chi connectivity index (χ4v) is 1.37. The predicted octanol–water partition coefficient (Wildman–Crippen LogP) is 1.18. The molecule has 78 valence electrons. The molecule has 1 rings (SSSR count). The second kappa shape index (κ2) is 4.94. The molecule has 1 unspecified atom stereocenters. The van der Waals surface area contributed by atoms with Crippen LogP contribution in [-0.2, 0) is 9.47 Å². The van der Waals surface area contributed by atoms with Crippen molar-refractivity contribution in [2.24, 2.45) is 0 Å². The van der Waals surface area contributed by atoms with Gasteiger partial charge in [0.15, 0.2) is 0 Å². The Hall–Kier alpha value is -0.120.